The number of aliphatic imine (C=N–C) groups is 1. The standard InChI is InChI=1S/C42H61N3O3Si.C39H55F3O4SSi.C9H18N2O2.C9H20O.C4H7NO/c1-37(46)44(33-30-43-31-34-45(35-32-43)40(47)48-41(2,3)4)29-23-15-13-11-9-8-10-12-14-16-24-36-49(42(5,6)7,38-25-19-17-20-26-38)39-27-21-18-22-28-39;1-38(2,3)48(36-30-24-22-25-31-36,37-32-26-23-27-33-37)46-35-29-21-19-17-15-13-11-9-7-5-4-6-8-10-12-14-16-18-20-28-34-45-47(43,44)39(40,41)42;1-9(2,3)13-8(12)11-6-4-10-5-7-11;1-2-3-4-5-6-7-8-9-10;1-4-5-2-3-6-4/h17-22,25-28H,8-13,15,23,29-35H2,1-7H3;22-27,30-33H,8-21,28-29,34-35H2,1-3H3;10H,4-7H2,1-3H3;10H,2-9H2,1H3;2-3H2,1H3. The van der Waals surface area contributed by atoms with E-state index in [1.54, 1.807) is 16.7 Å². The monoisotopic (exact) mass is 1800 g/mol. The number of ether oxygens (including phenoxy) is 3. The van der Waals surface area contributed by atoms with Gasteiger partial charge in [0.1, 0.15) is 17.8 Å². The fourth-order valence-corrected chi connectivity index (χ4v) is 24.5. The summed E-state index contributed by atoms with van der Waals surface area (Å²) in [5.41, 5.74) is -2.46. The van der Waals surface area contributed by atoms with Crippen molar-refractivity contribution >= 4 is 71.2 Å². The van der Waals surface area contributed by atoms with E-state index in [4.69, 9.17) is 23.7 Å². The maximum Gasteiger partial charge on any atom is 0.523 e. The normalized spacial score (nSPS) is 13.7. The highest BCUT2D eigenvalue weighted by atomic mass is 32.2. The van der Waals surface area contributed by atoms with Gasteiger partial charge in [-0.15, -0.1) is 5.54 Å². The lowest BCUT2D eigenvalue weighted by atomic mass is 10.1. The van der Waals surface area contributed by atoms with Gasteiger partial charge in [-0.1, -0.05) is 322 Å². The zero-order valence-electron chi connectivity index (χ0n) is 80.1. The minimum atomic E-state index is -5.47. The highest BCUT2D eigenvalue weighted by Gasteiger charge is 2.51. The first kappa shape index (κ1) is 113. The van der Waals surface area contributed by atoms with Gasteiger partial charge in [0.25, 0.3) is 8.32 Å². The van der Waals surface area contributed by atoms with Gasteiger partial charge < -0.3 is 43.8 Å². The number of carbonyl (C=O) groups excluding carboxylic acids is 3. The molecule has 17 nitrogen and oxygen atoms in total. The van der Waals surface area contributed by atoms with Gasteiger partial charge in [-0.25, -0.2) is 9.59 Å². The van der Waals surface area contributed by atoms with Gasteiger partial charge in [0, 0.05) is 118 Å². The van der Waals surface area contributed by atoms with Crippen LogP contribution in [0.5, 0.6) is 0 Å². The second kappa shape index (κ2) is 63.5. The molecule has 4 aromatic carbocycles. The molecule has 704 valence electrons. The largest absolute Gasteiger partial charge is 0.523 e. The number of alkyl halides is 3. The number of nitrogens with zero attached hydrogens (tertiary/aromatic N) is 5. The summed E-state index contributed by atoms with van der Waals surface area (Å²) in [4.78, 5) is 47.8. The Morgan fingerprint density at radius 1 is 0.492 bits per heavy atom. The molecule has 0 atom stereocenters. The lowest BCUT2D eigenvalue weighted by Gasteiger charge is -2.43. The zero-order chi connectivity index (χ0) is 92.9. The van der Waals surface area contributed by atoms with Crippen molar-refractivity contribution in [3.63, 3.8) is 0 Å². The van der Waals surface area contributed by atoms with Crippen molar-refractivity contribution in [1.29, 1.82) is 0 Å². The van der Waals surface area contributed by atoms with Crippen molar-refractivity contribution in [3.8, 4) is 47.0 Å². The number of hydrogen-bond acceptors (Lipinski definition) is 14. The second-order valence-corrected chi connectivity index (χ2v) is 47.2. The van der Waals surface area contributed by atoms with E-state index in [1.807, 2.05) is 53.4 Å². The molecule has 7 rings (SSSR count). The summed E-state index contributed by atoms with van der Waals surface area (Å²) >= 11 is 0. The average molecular weight is 1800 g/mol. The molecular formula is C103H161F3N6O11SSi2. The van der Waals surface area contributed by atoms with Crippen molar-refractivity contribution < 1.29 is 63.9 Å². The van der Waals surface area contributed by atoms with Crippen LogP contribution in [0.3, 0.4) is 0 Å². The number of nitrogens with one attached hydrogen (secondary N) is 1. The summed E-state index contributed by atoms with van der Waals surface area (Å²) in [5.74, 6) is 23.0. The van der Waals surface area contributed by atoms with Gasteiger partial charge in [0.2, 0.25) is 14.0 Å². The molecule has 0 unspecified atom stereocenters. The number of halogens is 3. The molecule has 0 radical (unpaired) electrons. The maximum atomic E-state index is 12.3. The van der Waals surface area contributed by atoms with E-state index in [0.29, 0.717) is 32.5 Å². The van der Waals surface area contributed by atoms with Crippen LogP contribution in [-0.4, -0.2) is 195 Å². The van der Waals surface area contributed by atoms with E-state index in [0.717, 1.165) is 174 Å². The van der Waals surface area contributed by atoms with E-state index in [-0.39, 0.29) is 33.8 Å². The SMILES string of the molecule is CC(=O)N(CCCCCCCCCC#CC#C[Si](c1ccccc1)(c1ccccc1)C(C)(C)C)CCN1CCN(C(=O)OC(C)(C)C)CC1.CC(C)(C)OC(=O)N1CCNCC1.CC(C)(C)[Si](OCCCCCCCCCC#CC#CCCCCCCCCCOS(=O)(=O)C(F)(F)F)(c1ccccc1)c1ccccc1.CC1=NCCO1.CCCCCCCCCO. The molecule has 0 bridgehead atoms. The molecule has 0 aromatic heterocycles. The first-order chi connectivity index (χ1) is 60.0. The van der Waals surface area contributed by atoms with Crippen molar-refractivity contribution in [3.05, 3.63) is 121 Å². The third-order valence-corrected chi connectivity index (χ3v) is 33.2. The van der Waals surface area contributed by atoms with Crippen molar-refractivity contribution in [2.24, 2.45) is 4.99 Å². The Labute approximate surface area is 763 Å². The Kier molecular flexibility index (Phi) is 56.9. The van der Waals surface area contributed by atoms with Gasteiger partial charge in [-0.3, -0.25) is 18.9 Å². The number of piperazine rings is 2. The molecule has 0 spiro atoms. The highest BCUT2D eigenvalue weighted by Crippen LogP contribution is 2.38. The van der Waals surface area contributed by atoms with Crippen LogP contribution in [0.25, 0.3) is 0 Å². The molecular weight excluding hydrogens is 1640 g/mol. The molecule has 2 fully saturated rings. The third kappa shape index (κ3) is 47.8. The summed E-state index contributed by atoms with van der Waals surface area (Å²) < 4.78 is 84.8. The first-order valence-electron chi connectivity index (χ1n) is 47.2. The Hall–Kier alpha value is -7.43. The second-order valence-electron chi connectivity index (χ2n) is 36.9. The molecule has 3 heterocycles. The van der Waals surface area contributed by atoms with Crippen LogP contribution >= 0.6 is 0 Å². The van der Waals surface area contributed by atoms with Crippen LogP contribution in [0.1, 0.15) is 303 Å². The lowest BCUT2D eigenvalue weighted by Crippen LogP contribution is -2.66. The minimum Gasteiger partial charge on any atom is -0.479 e. The minimum absolute atomic E-state index is 0.0105. The van der Waals surface area contributed by atoms with E-state index in [9.17, 15) is 36.0 Å². The van der Waals surface area contributed by atoms with Crippen LogP contribution in [0.15, 0.2) is 126 Å². The predicted molar refractivity (Wildman–Crippen MR) is 520 cm³/mol. The number of amides is 3. The Morgan fingerprint density at radius 3 is 1.24 bits per heavy atom. The first-order valence-corrected chi connectivity index (χ1v) is 52.5. The number of rotatable bonds is 43. The smallest absolute Gasteiger partial charge is 0.479 e. The Balaban J connectivity index is 0.000000491. The molecule has 3 amide bonds. The van der Waals surface area contributed by atoms with Gasteiger partial charge in [0.15, 0.2) is 5.90 Å². The molecule has 126 heavy (non-hydrogen) atoms. The Morgan fingerprint density at radius 2 is 0.873 bits per heavy atom. The molecule has 4 aromatic rings. The molecule has 0 aliphatic carbocycles. The van der Waals surface area contributed by atoms with Crippen molar-refractivity contribution in [1.82, 2.24) is 24.9 Å². The van der Waals surface area contributed by atoms with Crippen LogP contribution in [0, 0.1) is 47.0 Å². The number of unbranched alkanes of at least 4 members (excludes halogenated alkanes) is 27. The average Bonchev–Trinajstić information content (AvgIpc) is 0.777. The van der Waals surface area contributed by atoms with E-state index in [2.05, 4.69) is 236 Å². The molecule has 3 aliphatic heterocycles. The van der Waals surface area contributed by atoms with E-state index < -0.39 is 44.2 Å². The van der Waals surface area contributed by atoms with Crippen LogP contribution in [0.2, 0.25) is 10.1 Å². The summed E-state index contributed by atoms with van der Waals surface area (Å²) in [6, 6.07) is 43.3. The van der Waals surface area contributed by atoms with Crippen LogP contribution < -0.4 is 26.1 Å². The third-order valence-electron chi connectivity index (χ3n) is 22.0. The van der Waals surface area contributed by atoms with E-state index >= 15 is 0 Å². The molecule has 2 saturated heterocycles. The quantitative estimate of drug-likeness (QED) is 0.0140. The summed E-state index contributed by atoms with van der Waals surface area (Å²) in [5, 5.41) is 17.0. The molecule has 2 N–H and O–H groups in total. The number of aliphatic hydroxyl groups excluding tert-OH is 1. The van der Waals surface area contributed by atoms with Crippen LogP contribution in [-0.2, 0) is 37.7 Å². The van der Waals surface area contributed by atoms with Crippen LogP contribution in [0.4, 0.5) is 22.8 Å². The van der Waals surface area contributed by atoms with Gasteiger partial charge in [-0.05, 0) is 141 Å². The van der Waals surface area contributed by atoms with Gasteiger partial charge in [-0.2, -0.15) is 21.6 Å². The highest BCUT2D eigenvalue weighted by molar-refractivity contribution is 7.87. The van der Waals surface area contributed by atoms with Crippen molar-refractivity contribution in [2.75, 3.05) is 105 Å². The summed E-state index contributed by atoms with van der Waals surface area (Å²) in [7, 11) is -10.3. The molecule has 3 aliphatic rings. The van der Waals surface area contributed by atoms with E-state index in [1.165, 1.54) is 117 Å². The zero-order valence-corrected chi connectivity index (χ0v) is 82.9. The summed E-state index contributed by atoms with van der Waals surface area (Å²) in [6.07, 6.45) is 33.3. The summed E-state index contributed by atoms with van der Waals surface area (Å²) in [6.45, 7) is 42.0. The number of hydrogen-bond donors (Lipinski definition) is 2. The number of benzene rings is 4. The Bertz CT molecular complexity index is 3910. The van der Waals surface area contributed by atoms with Gasteiger partial charge >= 0.3 is 27.8 Å². The fourth-order valence-electron chi connectivity index (χ4n) is 15.1. The lowest BCUT2D eigenvalue weighted by molar-refractivity contribution is -0.129. The molecule has 0 saturated carbocycles. The number of aliphatic hydroxyl groups is 1. The van der Waals surface area contributed by atoms with Gasteiger partial charge in [0.05, 0.1) is 13.2 Å². The van der Waals surface area contributed by atoms with Crippen molar-refractivity contribution in [2.45, 2.75) is 330 Å². The fraction of sp³-hybridized carbons (Fsp3) is 0.650. The molecule has 23 heteroatoms. The topological polar surface area (TPSA) is 189 Å². The maximum absolute atomic E-state index is 12.3. The predicted octanol–water partition coefficient (Wildman–Crippen LogP) is 20.8. The number of carbonyl (C=O) groups is 3.